The van der Waals surface area contributed by atoms with Gasteiger partial charge in [-0.15, -0.1) is 0 Å². The number of fused-ring (bicyclic) bond motifs is 4. The van der Waals surface area contributed by atoms with Crippen LogP contribution in [0.2, 0.25) is 0 Å². The molecule has 0 N–H and O–H groups in total. The van der Waals surface area contributed by atoms with Gasteiger partial charge in [-0.2, -0.15) is 0 Å². The number of benzene rings is 6. The lowest BCUT2D eigenvalue weighted by molar-refractivity contribution is 0.563. The van der Waals surface area contributed by atoms with Crippen molar-refractivity contribution in [2.75, 3.05) is 0 Å². The molecule has 0 atom stereocenters. The maximum Gasteiger partial charge on any atom is 0.344 e. The normalized spacial score (nSPS) is 11.6. The average Bonchev–Trinajstić information content (AvgIpc) is 3.03. The Bertz CT molecular complexity index is 2520. The van der Waals surface area contributed by atoms with Crippen LogP contribution in [-0.4, -0.2) is 0 Å². The predicted molar refractivity (Wildman–Crippen MR) is 175 cm³/mol. The van der Waals surface area contributed by atoms with Gasteiger partial charge in [0, 0.05) is 10.8 Å². The Hall–Kier alpha value is -5.74. The zero-order valence-corrected chi connectivity index (χ0v) is 23.3. The molecule has 0 unspecified atom stereocenters. The van der Waals surface area contributed by atoms with Crippen LogP contribution in [-0.2, 0) is 0 Å². The molecule has 0 aliphatic carbocycles. The molecule has 43 heavy (non-hydrogen) atoms. The van der Waals surface area contributed by atoms with Crippen molar-refractivity contribution in [2.45, 2.75) is 6.92 Å². The lowest BCUT2D eigenvalue weighted by atomic mass is 9.89. The van der Waals surface area contributed by atoms with Gasteiger partial charge in [-0.05, 0) is 80.6 Å². The van der Waals surface area contributed by atoms with E-state index in [1.165, 1.54) is 0 Å². The molecular weight excluding hydrogens is 532 g/mol. The van der Waals surface area contributed by atoms with Gasteiger partial charge in [0.15, 0.2) is 0 Å². The highest BCUT2D eigenvalue weighted by Gasteiger charge is 2.16. The van der Waals surface area contributed by atoms with Crippen molar-refractivity contribution in [1.82, 2.24) is 0 Å². The predicted octanol–water partition coefficient (Wildman–Crippen LogP) is 9.52. The second-order valence-corrected chi connectivity index (χ2v) is 10.9. The summed E-state index contributed by atoms with van der Waals surface area (Å²) in [6.45, 7) is 1.98. The van der Waals surface area contributed by atoms with Crippen molar-refractivity contribution in [3.05, 3.63) is 154 Å². The fourth-order valence-corrected chi connectivity index (χ4v) is 6.22. The first kappa shape index (κ1) is 25.0. The Labute approximate surface area is 246 Å². The first-order chi connectivity index (χ1) is 21.0. The molecule has 0 aliphatic rings. The molecule has 6 aromatic carbocycles. The number of hydrogen-bond donors (Lipinski definition) is 0. The Morgan fingerprint density at radius 1 is 0.395 bits per heavy atom. The Morgan fingerprint density at radius 3 is 1.37 bits per heavy atom. The molecule has 0 fully saturated rings. The summed E-state index contributed by atoms with van der Waals surface area (Å²) < 4.78 is 11.4. The monoisotopic (exact) mass is 556 g/mol. The van der Waals surface area contributed by atoms with Crippen LogP contribution in [0.3, 0.4) is 0 Å². The van der Waals surface area contributed by atoms with Gasteiger partial charge in [-0.25, -0.2) is 9.59 Å². The summed E-state index contributed by atoms with van der Waals surface area (Å²) in [5.74, 6) is 0. The zero-order valence-electron chi connectivity index (χ0n) is 23.3. The fourth-order valence-electron chi connectivity index (χ4n) is 6.22. The number of rotatable bonds is 3. The first-order valence-corrected chi connectivity index (χ1v) is 14.2. The third kappa shape index (κ3) is 4.07. The summed E-state index contributed by atoms with van der Waals surface area (Å²) in [4.78, 5) is 26.3. The highest BCUT2D eigenvalue weighted by atomic mass is 16.4. The summed E-state index contributed by atoms with van der Waals surface area (Å²) in [6, 6.07) is 41.7. The summed E-state index contributed by atoms with van der Waals surface area (Å²) in [6.07, 6.45) is 0. The van der Waals surface area contributed by atoms with E-state index in [9.17, 15) is 9.59 Å². The Balaban J connectivity index is 1.34. The number of hydrogen-bond acceptors (Lipinski definition) is 4. The third-order valence-electron chi connectivity index (χ3n) is 8.25. The SMILES string of the molecule is Cc1ccc2cc(-c3cccc4c(-c5cccc6c(-c7cc8ccccc8oc7=O)cccc56)cccc34)c(=O)oc2c1. The van der Waals surface area contributed by atoms with E-state index < -0.39 is 0 Å². The summed E-state index contributed by atoms with van der Waals surface area (Å²) in [5, 5.41) is 5.72. The minimum Gasteiger partial charge on any atom is -0.422 e. The van der Waals surface area contributed by atoms with Crippen LogP contribution in [0.5, 0.6) is 0 Å². The van der Waals surface area contributed by atoms with Crippen LogP contribution in [0.4, 0.5) is 0 Å². The van der Waals surface area contributed by atoms with Crippen molar-refractivity contribution in [1.29, 1.82) is 0 Å². The maximum atomic E-state index is 13.2. The first-order valence-electron chi connectivity index (χ1n) is 14.2. The van der Waals surface area contributed by atoms with Crippen molar-refractivity contribution < 1.29 is 8.83 Å². The molecule has 2 aromatic heterocycles. The van der Waals surface area contributed by atoms with Crippen molar-refractivity contribution in [3.8, 4) is 33.4 Å². The standard InChI is InChI=1S/C39H24O4/c1-23-18-19-25-22-35(39(41)43-37(25)20-23)33-16-7-12-29-27(10-5-14-31(29)33)26-9-4-13-30-28(26)11-6-15-32(30)34-21-24-8-2-3-17-36(24)42-38(34)40/h2-22H,1H3. The van der Waals surface area contributed by atoms with Gasteiger partial charge in [0.25, 0.3) is 0 Å². The van der Waals surface area contributed by atoms with E-state index in [0.717, 1.165) is 60.1 Å². The molecule has 0 radical (unpaired) electrons. The minimum absolute atomic E-state index is 0.361. The van der Waals surface area contributed by atoms with E-state index in [4.69, 9.17) is 8.83 Å². The van der Waals surface area contributed by atoms with Crippen LogP contribution in [0.1, 0.15) is 5.56 Å². The topological polar surface area (TPSA) is 60.4 Å². The van der Waals surface area contributed by atoms with E-state index >= 15 is 0 Å². The van der Waals surface area contributed by atoms with E-state index in [0.29, 0.717) is 22.3 Å². The van der Waals surface area contributed by atoms with Gasteiger partial charge in [-0.1, -0.05) is 103 Å². The van der Waals surface area contributed by atoms with Crippen molar-refractivity contribution in [3.63, 3.8) is 0 Å². The molecule has 8 rings (SSSR count). The second kappa shape index (κ2) is 9.68. The van der Waals surface area contributed by atoms with Gasteiger partial charge in [-0.3, -0.25) is 0 Å². The molecule has 0 saturated carbocycles. The van der Waals surface area contributed by atoms with Crippen molar-refractivity contribution >= 4 is 43.5 Å². The summed E-state index contributed by atoms with van der Waals surface area (Å²) >= 11 is 0. The van der Waals surface area contributed by atoms with Crippen LogP contribution in [0.15, 0.2) is 146 Å². The zero-order chi connectivity index (χ0) is 29.1. The molecule has 0 bridgehead atoms. The Morgan fingerprint density at radius 2 is 0.837 bits per heavy atom. The summed E-state index contributed by atoms with van der Waals surface area (Å²) in [7, 11) is 0. The van der Waals surface area contributed by atoms with Gasteiger partial charge in [0.05, 0.1) is 11.1 Å². The molecule has 4 nitrogen and oxygen atoms in total. The lowest BCUT2D eigenvalue weighted by Crippen LogP contribution is -2.03. The maximum absolute atomic E-state index is 13.2. The molecule has 0 aliphatic heterocycles. The van der Waals surface area contributed by atoms with Crippen LogP contribution in [0.25, 0.3) is 76.9 Å². The van der Waals surface area contributed by atoms with Crippen LogP contribution >= 0.6 is 0 Å². The minimum atomic E-state index is -0.365. The van der Waals surface area contributed by atoms with Gasteiger partial charge in [0.1, 0.15) is 11.2 Å². The smallest absolute Gasteiger partial charge is 0.344 e. The van der Waals surface area contributed by atoms with E-state index in [1.54, 1.807) is 6.07 Å². The third-order valence-corrected chi connectivity index (χ3v) is 8.25. The molecule has 8 aromatic rings. The molecule has 0 spiro atoms. The van der Waals surface area contributed by atoms with Crippen LogP contribution in [0, 0.1) is 6.92 Å². The summed E-state index contributed by atoms with van der Waals surface area (Å²) in [5.41, 5.74) is 6.24. The van der Waals surface area contributed by atoms with Crippen molar-refractivity contribution in [2.24, 2.45) is 0 Å². The molecule has 2 heterocycles. The molecular formula is C39H24O4. The van der Waals surface area contributed by atoms with Gasteiger partial charge >= 0.3 is 11.3 Å². The molecule has 4 heteroatoms. The number of aryl methyl sites for hydroxylation is 1. The molecule has 0 amide bonds. The van der Waals surface area contributed by atoms with Gasteiger partial charge in [0.2, 0.25) is 0 Å². The molecule has 204 valence electrons. The average molecular weight is 557 g/mol. The highest BCUT2D eigenvalue weighted by molar-refractivity contribution is 6.11. The quantitative estimate of drug-likeness (QED) is 0.203. The molecule has 0 saturated heterocycles. The van der Waals surface area contributed by atoms with E-state index in [2.05, 4.69) is 24.3 Å². The van der Waals surface area contributed by atoms with E-state index in [-0.39, 0.29) is 11.3 Å². The lowest BCUT2D eigenvalue weighted by Gasteiger charge is -2.14. The largest absolute Gasteiger partial charge is 0.422 e. The van der Waals surface area contributed by atoms with Gasteiger partial charge < -0.3 is 8.83 Å². The fraction of sp³-hybridized carbons (Fsp3) is 0.0256. The highest BCUT2D eigenvalue weighted by Crippen LogP contribution is 2.39. The second-order valence-electron chi connectivity index (χ2n) is 10.9. The Kier molecular flexibility index (Phi) is 5.63. The van der Waals surface area contributed by atoms with Crippen LogP contribution < -0.4 is 11.3 Å². The number of para-hydroxylation sites is 1. The van der Waals surface area contributed by atoms with E-state index in [1.807, 2.05) is 104 Å².